The third kappa shape index (κ3) is 5.87. The van der Waals surface area contributed by atoms with E-state index in [0.29, 0.717) is 6.42 Å². The first-order valence-electron chi connectivity index (χ1n) is 6.08. The second-order valence-corrected chi connectivity index (χ2v) is 4.99. The molecule has 0 bridgehead atoms. The molecule has 1 amide bonds. The lowest BCUT2D eigenvalue weighted by atomic mass is 10.1. The van der Waals surface area contributed by atoms with E-state index in [1.807, 2.05) is 30.1 Å². The number of hydrogen-bond donors (Lipinski definition) is 0. The van der Waals surface area contributed by atoms with E-state index in [1.54, 1.807) is 0 Å². The Bertz CT molecular complexity index is 326. The van der Waals surface area contributed by atoms with Crippen molar-refractivity contribution in [2.75, 3.05) is 18.9 Å². The summed E-state index contributed by atoms with van der Waals surface area (Å²) in [5.41, 5.74) is 1.31. The first kappa shape index (κ1) is 14.2. The number of nitrogens with zero attached hydrogens (tertiary/aromatic N) is 1. The maximum Gasteiger partial charge on any atom is 0.222 e. The van der Waals surface area contributed by atoms with Gasteiger partial charge in [0.05, 0.1) is 0 Å². The third-order valence-electron chi connectivity index (χ3n) is 2.75. The normalized spacial score (nSPS) is 10.2. The predicted molar refractivity (Wildman–Crippen MR) is 75.4 cm³/mol. The van der Waals surface area contributed by atoms with Gasteiger partial charge in [0.2, 0.25) is 5.91 Å². The first-order chi connectivity index (χ1) is 8.24. The van der Waals surface area contributed by atoms with Crippen LogP contribution in [0.4, 0.5) is 0 Å². The fraction of sp³-hybridized carbons (Fsp3) is 0.500. The number of hydrogen-bond acceptors (Lipinski definition) is 1. The van der Waals surface area contributed by atoms with E-state index in [2.05, 4.69) is 28.1 Å². The molecule has 1 aromatic rings. The topological polar surface area (TPSA) is 20.3 Å². The number of amides is 1. The SMILES string of the molecule is CN(CCCBr)C(=O)CCCc1ccccc1. The van der Waals surface area contributed by atoms with Gasteiger partial charge in [-0.15, -0.1) is 0 Å². The molecule has 94 valence electrons. The van der Waals surface area contributed by atoms with E-state index in [1.165, 1.54) is 5.56 Å². The maximum atomic E-state index is 11.7. The Morgan fingerprint density at radius 3 is 2.59 bits per heavy atom. The lowest BCUT2D eigenvalue weighted by molar-refractivity contribution is -0.130. The van der Waals surface area contributed by atoms with Crippen LogP contribution in [0.3, 0.4) is 0 Å². The van der Waals surface area contributed by atoms with Crippen LogP contribution in [0.1, 0.15) is 24.8 Å². The Labute approximate surface area is 112 Å². The third-order valence-corrected chi connectivity index (χ3v) is 3.31. The molecule has 0 saturated carbocycles. The summed E-state index contributed by atoms with van der Waals surface area (Å²) in [6.45, 7) is 0.843. The molecule has 0 aromatic heterocycles. The molecule has 0 N–H and O–H groups in total. The van der Waals surface area contributed by atoms with Crippen molar-refractivity contribution in [2.45, 2.75) is 25.7 Å². The highest BCUT2D eigenvalue weighted by Gasteiger charge is 2.07. The van der Waals surface area contributed by atoms with Crippen LogP contribution in [-0.4, -0.2) is 29.7 Å². The van der Waals surface area contributed by atoms with Crippen LogP contribution in [0, 0.1) is 0 Å². The minimum atomic E-state index is 0.252. The van der Waals surface area contributed by atoms with Crippen molar-refractivity contribution in [1.29, 1.82) is 0 Å². The highest BCUT2D eigenvalue weighted by molar-refractivity contribution is 9.09. The molecule has 17 heavy (non-hydrogen) atoms. The largest absolute Gasteiger partial charge is 0.346 e. The molecular weight excluding hydrogens is 278 g/mol. The molecule has 0 aliphatic carbocycles. The number of alkyl halides is 1. The van der Waals surface area contributed by atoms with E-state index < -0.39 is 0 Å². The van der Waals surface area contributed by atoms with E-state index in [0.717, 1.165) is 31.1 Å². The molecule has 0 spiro atoms. The zero-order chi connectivity index (χ0) is 12.5. The molecule has 0 fully saturated rings. The van der Waals surface area contributed by atoms with Gasteiger partial charge in [-0.1, -0.05) is 46.3 Å². The molecule has 0 atom stereocenters. The summed E-state index contributed by atoms with van der Waals surface area (Å²) in [5.74, 6) is 0.252. The Kier molecular flexibility index (Phi) is 6.94. The summed E-state index contributed by atoms with van der Waals surface area (Å²) < 4.78 is 0. The number of benzene rings is 1. The van der Waals surface area contributed by atoms with Crippen molar-refractivity contribution >= 4 is 21.8 Å². The monoisotopic (exact) mass is 297 g/mol. The molecule has 0 radical (unpaired) electrons. The zero-order valence-corrected chi connectivity index (χ0v) is 11.9. The van der Waals surface area contributed by atoms with Crippen molar-refractivity contribution in [3.05, 3.63) is 35.9 Å². The highest BCUT2D eigenvalue weighted by Crippen LogP contribution is 2.06. The number of halogens is 1. The van der Waals surface area contributed by atoms with E-state index in [-0.39, 0.29) is 5.91 Å². The Morgan fingerprint density at radius 1 is 1.24 bits per heavy atom. The van der Waals surface area contributed by atoms with Crippen LogP contribution >= 0.6 is 15.9 Å². The summed E-state index contributed by atoms with van der Waals surface area (Å²) in [6.07, 6.45) is 3.58. The van der Waals surface area contributed by atoms with Gasteiger partial charge in [-0.3, -0.25) is 4.79 Å². The lowest BCUT2D eigenvalue weighted by Crippen LogP contribution is -2.27. The smallest absolute Gasteiger partial charge is 0.222 e. The second-order valence-electron chi connectivity index (χ2n) is 4.20. The predicted octanol–water partition coefficient (Wildman–Crippen LogP) is 3.25. The fourth-order valence-corrected chi connectivity index (χ4v) is 1.95. The summed E-state index contributed by atoms with van der Waals surface area (Å²) in [6, 6.07) is 10.3. The second kappa shape index (κ2) is 8.29. The van der Waals surface area contributed by atoms with Crippen molar-refractivity contribution < 1.29 is 4.79 Å². The minimum absolute atomic E-state index is 0.252. The van der Waals surface area contributed by atoms with Gasteiger partial charge < -0.3 is 4.90 Å². The van der Waals surface area contributed by atoms with Crippen molar-refractivity contribution in [3.63, 3.8) is 0 Å². The van der Waals surface area contributed by atoms with Crippen molar-refractivity contribution in [3.8, 4) is 0 Å². The van der Waals surface area contributed by atoms with Gasteiger partial charge in [-0.25, -0.2) is 0 Å². The van der Waals surface area contributed by atoms with Gasteiger partial charge in [0.1, 0.15) is 0 Å². The molecule has 1 rings (SSSR count). The van der Waals surface area contributed by atoms with Crippen LogP contribution in [0.25, 0.3) is 0 Å². The van der Waals surface area contributed by atoms with E-state index in [9.17, 15) is 4.79 Å². The van der Waals surface area contributed by atoms with E-state index >= 15 is 0 Å². The first-order valence-corrected chi connectivity index (χ1v) is 7.20. The molecule has 3 heteroatoms. The van der Waals surface area contributed by atoms with Crippen molar-refractivity contribution in [2.24, 2.45) is 0 Å². The average Bonchev–Trinajstić information content (AvgIpc) is 2.37. The van der Waals surface area contributed by atoms with Gasteiger partial charge in [0, 0.05) is 25.3 Å². The summed E-state index contributed by atoms with van der Waals surface area (Å²) in [5, 5.41) is 0.953. The lowest BCUT2D eigenvalue weighted by Gasteiger charge is -2.16. The maximum absolute atomic E-state index is 11.7. The highest BCUT2D eigenvalue weighted by atomic mass is 79.9. The number of rotatable bonds is 7. The number of carbonyl (C=O) groups is 1. The van der Waals surface area contributed by atoms with Gasteiger partial charge >= 0.3 is 0 Å². The van der Waals surface area contributed by atoms with Gasteiger partial charge in [-0.2, -0.15) is 0 Å². The Balaban J connectivity index is 2.20. The summed E-state index contributed by atoms with van der Waals surface area (Å²) >= 11 is 3.37. The molecular formula is C14H20BrNO. The molecule has 0 saturated heterocycles. The Morgan fingerprint density at radius 2 is 1.94 bits per heavy atom. The zero-order valence-electron chi connectivity index (χ0n) is 10.4. The summed E-state index contributed by atoms with van der Waals surface area (Å²) in [4.78, 5) is 13.6. The fourth-order valence-electron chi connectivity index (χ4n) is 1.70. The Hall–Kier alpha value is -0.830. The number of aryl methyl sites for hydroxylation is 1. The van der Waals surface area contributed by atoms with Gasteiger partial charge in [0.15, 0.2) is 0 Å². The van der Waals surface area contributed by atoms with Crippen LogP contribution in [0.15, 0.2) is 30.3 Å². The summed E-state index contributed by atoms with van der Waals surface area (Å²) in [7, 11) is 1.88. The molecule has 0 aliphatic heterocycles. The van der Waals surface area contributed by atoms with Gasteiger partial charge in [0.25, 0.3) is 0 Å². The van der Waals surface area contributed by atoms with Crippen LogP contribution < -0.4 is 0 Å². The van der Waals surface area contributed by atoms with Crippen molar-refractivity contribution in [1.82, 2.24) is 4.90 Å². The number of carbonyl (C=O) groups excluding carboxylic acids is 1. The quantitative estimate of drug-likeness (QED) is 0.708. The van der Waals surface area contributed by atoms with Crippen LogP contribution in [-0.2, 0) is 11.2 Å². The average molecular weight is 298 g/mol. The molecule has 0 heterocycles. The minimum Gasteiger partial charge on any atom is -0.346 e. The molecule has 2 nitrogen and oxygen atoms in total. The molecule has 1 aromatic carbocycles. The molecule has 0 unspecified atom stereocenters. The van der Waals surface area contributed by atoms with Crippen LogP contribution in [0.5, 0.6) is 0 Å². The molecule has 0 aliphatic rings. The van der Waals surface area contributed by atoms with Crippen LogP contribution in [0.2, 0.25) is 0 Å². The van der Waals surface area contributed by atoms with Gasteiger partial charge in [-0.05, 0) is 24.8 Å². The van der Waals surface area contributed by atoms with E-state index in [4.69, 9.17) is 0 Å². The standard InChI is InChI=1S/C14H20BrNO/c1-16(12-6-11-15)14(17)10-5-9-13-7-3-2-4-8-13/h2-4,7-8H,5-6,9-12H2,1H3.